The van der Waals surface area contributed by atoms with Gasteiger partial charge in [-0.2, -0.15) is 0 Å². The Labute approximate surface area is 129 Å². The average molecular weight is 337 g/mol. The molecule has 2 rings (SSSR count). The second kappa shape index (κ2) is 5.72. The van der Waals surface area contributed by atoms with Crippen LogP contribution in [-0.2, 0) is 10.0 Å². The number of hydrogen-bond donors (Lipinski definition) is 2. The van der Waals surface area contributed by atoms with Crippen LogP contribution in [0.15, 0.2) is 17.0 Å². The molecular weight excluding hydrogens is 319 g/mol. The Morgan fingerprint density at radius 1 is 1.35 bits per heavy atom. The number of rotatable bonds is 6. The number of halogens is 2. The van der Waals surface area contributed by atoms with E-state index in [0.717, 1.165) is 25.7 Å². The van der Waals surface area contributed by atoms with Gasteiger partial charge in [0.25, 0.3) is 0 Å². The summed E-state index contributed by atoms with van der Waals surface area (Å²) in [6, 6.07) is 2.77. The first-order valence-corrected chi connectivity index (χ1v) is 8.78. The van der Waals surface area contributed by atoms with Crippen molar-refractivity contribution in [1.29, 1.82) is 0 Å². The summed E-state index contributed by atoms with van der Waals surface area (Å²) in [6.07, 6.45) is 4.20. The van der Waals surface area contributed by atoms with Crippen molar-refractivity contribution in [2.75, 3.05) is 12.3 Å². The van der Waals surface area contributed by atoms with Crippen LogP contribution in [0.2, 0.25) is 10.0 Å². The van der Waals surface area contributed by atoms with Crippen LogP contribution in [0.5, 0.6) is 0 Å². The summed E-state index contributed by atoms with van der Waals surface area (Å²) in [5.74, 6) is 0. The Morgan fingerprint density at radius 2 is 2.00 bits per heavy atom. The molecule has 20 heavy (non-hydrogen) atoms. The molecule has 1 saturated carbocycles. The highest BCUT2D eigenvalue weighted by molar-refractivity contribution is 7.89. The predicted octanol–water partition coefficient (Wildman–Crippen LogP) is 3.43. The monoisotopic (exact) mass is 336 g/mol. The third-order valence-electron chi connectivity index (χ3n) is 3.68. The first-order valence-electron chi connectivity index (χ1n) is 6.54. The molecule has 0 heterocycles. The summed E-state index contributed by atoms with van der Waals surface area (Å²) in [5, 5.41) is 0.360. The minimum atomic E-state index is -3.72. The Kier molecular flexibility index (Phi) is 4.54. The molecule has 0 bridgehead atoms. The number of hydrogen-bond acceptors (Lipinski definition) is 3. The number of benzene rings is 1. The molecule has 7 heteroatoms. The normalized spacial score (nSPS) is 17.1. The second-order valence-corrected chi connectivity index (χ2v) is 7.93. The molecular formula is C13H18Cl2N2O2S. The van der Waals surface area contributed by atoms with E-state index in [0.29, 0.717) is 11.6 Å². The fraction of sp³-hybridized carbons (Fsp3) is 0.538. The highest BCUT2D eigenvalue weighted by Gasteiger charge is 2.42. The summed E-state index contributed by atoms with van der Waals surface area (Å²) in [4.78, 5) is -0.0872. The van der Waals surface area contributed by atoms with Crippen molar-refractivity contribution in [3.63, 3.8) is 0 Å². The maximum absolute atomic E-state index is 12.3. The van der Waals surface area contributed by atoms with Gasteiger partial charge < -0.3 is 5.73 Å². The van der Waals surface area contributed by atoms with Gasteiger partial charge in [-0.3, -0.25) is 0 Å². The number of nitrogen functional groups attached to an aromatic ring is 1. The molecule has 1 aromatic rings. The van der Waals surface area contributed by atoms with E-state index in [2.05, 4.69) is 11.6 Å². The molecule has 1 aromatic carbocycles. The van der Waals surface area contributed by atoms with Gasteiger partial charge >= 0.3 is 0 Å². The lowest BCUT2D eigenvalue weighted by atomic mass is 10.0. The summed E-state index contributed by atoms with van der Waals surface area (Å²) in [6.45, 7) is 2.53. The summed E-state index contributed by atoms with van der Waals surface area (Å²) < 4.78 is 27.3. The molecule has 0 aromatic heterocycles. The van der Waals surface area contributed by atoms with Crippen molar-refractivity contribution >= 4 is 38.9 Å². The van der Waals surface area contributed by atoms with Gasteiger partial charge in [-0.15, -0.1) is 0 Å². The van der Waals surface area contributed by atoms with E-state index < -0.39 is 10.0 Å². The zero-order valence-electron chi connectivity index (χ0n) is 11.2. The van der Waals surface area contributed by atoms with Gasteiger partial charge in [0.05, 0.1) is 10.7 Å². The van der Waals surface area contributed by atoms with E-state index in [9.17, 15) is 8.42 Å². The van der Waals surface area contributed by atoms with Gasteiger partial charge in [0.15, 0.2) is 0 Å². The molecule has 0 amide bonds. The number of nitrogens with two attached hydrogens (primary N) is 1. The highest BCUT2D eigenvalue weighted by Crippen LogP contribution is 2.49. The van der Waals surface area contributed by atoms with Crippen LogP contribution in [-0.4, -0.2) is 15.0 Å². The van der Waals surface area contributed by atoms with Crippen LogP contribution >= 0.6 is 23.2 Å². The number of anilines is 1. The SMILES string of the molecule is CCCC1(CNS(=O)(=O)c2c(N)cc(Cl)cc2Cl)CC1. The fourth-order valence-electron chi connectivity index (χ4n) is 2.41. The van der Waals surface area contributed by atoms with Crippen molar-refractivity contribution in [2.24, 2.45) is 5.41 Å². The van der Waals surface area contributed by atoms with Crippen molar-refractivity contribution < 1.29 is 8.42 Å². The zero-order chi connectivity index (χ0) is 15.0. The predicted molar refractivity (Wildman–Crippen MR) is 82.6 cm³/mol. The lowest BCUT2D eigenvalue weighted by Gasteiger charge is -2.16. The maximum Gasteiger partial charge on any atom is 0.244 e. The van der Waals surface area contributed by atoms with Crippen LogP contribution in [0, 0.1) is 5.41 Å². The molecule has 0 spiro atoms. The standard InChI is InChI=1S/C13H18Cl2N2O2S/c1-2-3-13(4-5-13)8-17-20(18,19)12-10(15)6-9(14)7-11(12)16/h6-7,17H,2-5,8,16H2,1H3. The lowest BCUT2D eigenvalue weighted by molar-refractivity contribution is 0.449. The summed E-state index contributed by atoms with van der Waals surface area (Å²) in [5.41, 5.74) is 5.92. The Hall–Kier alpha value is -0.490. The van der Waals surface area contributed by atoms with Gasteiger partial charge in [0.2, 0.25) is 10.0 Å². The Balaban J connectivity index is 2.19. The molecule has 1 aliphatic carbocycles. The zero-order valence-corrected chi connectivity index (χ0v) is 13.6. The number of sulfonamides is 1. The van der Waals surface area contributed by atoms with Crippen LogP contribution in [0.3, 0.4) is 0 Å². The number of nitrogens with one attached hydrogen (secondary N) is 1. The van der Waals surface area contributed by atoms with Crippen LogP contribution in [0.1, 0.15) is 32.6 Å². The van der Waals surface area contributed by atoms with E-state index in [-0.39, 0.29) is 21.0 Å². The molecule has 0 atom stereocenters. The van der Waals surface area contributed by atoms with Gasteiger partial charge in [-0.25, -0.2) is 13.1 Å². The van der Waals surface area contributed by atoms with E-state index in [1.807, 2.05) is 0 Å². The molecule has 0 unspecified atom stereocenters. The van der Waals surface area contributed by atoms with Crippen molar-refractivity contribution in [3.05, 3.63) is 22.2 Å². The van der Waals surface area contributed by atoms with Crippen LogP contribution in [0.25, 0.3) is 0 Å². The third-order valence-corrected chi connectivity index (χ3v) is 5.83. The average Bonchev–Trinajstić information content (AvgIpc) is 3.06. The quantitative estimate of drug-likeness (QED) is 0.781. The maximum atomic E-state index is 12.3. The molecule has 1 fully saturated rings. The molecule has 0 aliphatic heterocycles. The lowest BCUT2D eigenvalue weighted by Crippen LogP contribution is -2.31. The molecule has 112 valence electrons. The smallest absolute Gasteiger partial charge is 0.244 e. The summed E-state index contributed by atoms with van der Waals surface area (Å²) in [7, 11) is -3.72. The second-order valence-electron chi connectivity index (χ2n) is 5.38. The van der Waals surface area contributed by atoms with E-state index in [1.165, 1.54) is 12.1 Å². The van der Waals surface area contributed by atoms with E-state index in [1.54, 1.807) is 0 Å². The molecule has 0 saturated heterocycles. The van der Waals surface area contributed by atoms with Gasteiger partial charge in [-0.05, 0) is 36.8 Å². The third kappa shape index (κ3) is 3.39. The molecule has 0 radical (unpaired) electrons. The highest BCUT2D eigenvalue weighted by atomic mass is 35.5. The van der Waals surface area contributed by atoms with E-state index in [4.69, 9.17) is 28.9 Å². The Bertz CT molecular complexity index is 590. The first kappa shape index (κ1) is 15.9. The van der Waals surface area contributed by atoms with Gasteiger partial charge in [0, 0.05) is 11.6 Å². The fourth-order valence-corrected chi connectivity index (χ4v) is 4.55. The topological polar surface area (TPSA) is 72.2 Å². The van der Waals surface area contributed by atoms with E-state index >= 15 is 0 Å². The van der Waals surface area contributed by atoms with Crippen LogP contribution in [0.4, 0.5) is 5.69 Å². The van der Waals surface area contributed by atoms with Gasteiger partial charge in [-0.1, -0.05) is 36.5 Å². The van der Waals surface area contributed by atoms with Gasteiger partial charge in [0.1, 0.15) is 4.90 Å². The minimum absolute atomic E-state index is 0.0443. The summed E-state index contributed by atoms with van der Waals surface area (Å²) >= 11 is 11.8. The first-order chi connectivity index (χ1) is 9.30. The Morgan fingerprint density at radius 3 is 2.50 bits per heavy atom. The van der Waals surface area contributed by atoms with Crippen molar-refractivity contribution in [1.82, 2.24) is 4.72 Å². The molecule has 3 N–H and O–H groups in total. The molecule has 4 nitrogen and oxygen atoms in total. The van der Waals surface area contributed by atoms with Crippen molar-refractivity contribution in [3.8, 4) is 0 Å². The van der Waals surface area contributed by atoms with Crippen molar-refractivity contribution in [2.45, 2.75) is 37.5 Å². The minimum Gasteiger partial charge on any atom is -0.398 e. The molecule has 1 aliphatic rings. The largest absolute Gasteiger partial charge is 0.398 e. The van der Waals surface area contributed by atoms with Crippen LogP contribution < -0.4 is 10.5 Å².